The fourth-order valence-electron chi connectivity index (χ4n) is 0.727. The Balaban J connectivity index is 2.12. The molecule has 0 saturated carbocycles. The molecular formula is C4H10NOP. The van der Waals surface area contributed by atoms with Gasteiger partial charge >= 0.3 is 0 Å². The first kappa shape index (κ1) is 5.49. The second kappa shape index (κ2) is 2.61. The summed E-state index contributed by atoms with van der Waals surface area (Å²) in [5, 5.41) is 10.5. The summed E-state index contributed by atoms with van der Waals surface area (Å²) in [6.07, 6.45) is 3.59. The molecule has 0 bridgehead atoms. The van der Waals surface area contributed by atoms with Crippen molar-refractivity contribution in [2.24, 2.45) is 0 Å². The monoisotopic (exact) mass is 119 g/mol. The standard InChI is InChI=1S/C4H10NOP/c6-5-3-1-2-4-7-5/h5,7H,1-4H2. The van der Waals surface area contributed by atoms with Crippen molar-refractivity contribution in [1.82, 2.24) is 0 Å². The predicted molar refractivity (Wildman–Crippen MR) is 31.6 cm³/mol. The smallest absolute Gasteiger partial charge is 0.0876 e. The van der Waals surface area contributed by atoms with Crippen molar-refractivity contribution in [2.75, 3.05) is 12.7 Å². The first-order valence-electron chi connectivity index (χ1n) is 2.66. The van der Waals surface area contributed by atoms with E-state index in [4.69, 9.17) is 0 Å². The maximum atomic E-state index is 10.5. The lowest BCUT2D eigenvalue weighted by molar-refractivity contribution is -0.706. The van der Waals surface area contributed by atoms with Gasteiger partial charge in [-0.25, -0.2) is 0 Å². The maximum Gasteiger partial charge on any atom is 0.0876 e. The van der Waals surface area contributed by atoms with Gasteiger partial charge in [-0.05, 0) is 12.8 Å². The van der Waals surface area contributed by atoms with Crippen LogP contribution >= 0.6 is 8.73 Å². The van der Waals surface area contributed by atoms with Gasteiger partial charge in [-0.1, -0.05) is 0 Å². The van der Waals surface area contributed by atoms with Crippen LogP contribution in [-0.4, -0.2) is 12.7 Å². The van der Waals surface area contributed by atoms with E-state index in [1.807, 2.05) is 0 Å². The minimum Gasteiger partial charge on any atom is -0.633 e. The summed E-state index contributed by atoms with van der Waals surface area (Å²) in [5.74, 6) is 0. The Hall–Kier alpha value is 0.350. The predicted octanol–water partition coefficient (Wildman–Crippen LogP) is -0.244. The molecular weight excluding hydrogens is 109 g/mol. The molecule has 0 spiro atoms. The number of rotatable bonds is 0. The lowest BCUT2D eigenvalue weighted by Gasteiger charge is -2.24. The van der Waals surface area contributed by atoms with E-state index in [0.29, 0.717) is 13.6 Å². The third-order valence-corrected chi connectivity index (χ3v) is 2.40. The highest BCUT2D eigenvalue weighted by Gasteiger charge is 2.03. The maximum absolute atomic E-state index is 10.5. The van der Waals surface area contributed by atoms with E-state index in [1.54, 1.807) is 0 Å². The van der Waals surface area contributed by atoms with Crippen molar-refractivity contribution < 1.29 is 4.83 Å². The van der Waals surface area contributed by atoms with Crippen LogP contribution in [0.2, 0.25) is 0 Å². The molecule has 1 aliphatic heterocycles. The second-order valence-corrected chi connectivity index (χ2v) is 3.22. The Morgan fingerprint density at radius 1 is 1.43 bits per heavy atom. The van der Waals surface area contributed by atoms with E-state index in [0.717, 1.165) is 13.0 Å². The molecule has 0 aromatic carbocycles. The van der Waals surface area contributed by atoms with Crippen molar-refractivity contribution in [3.63, 3.8) is 0 Å². The van der Waals surface area contributed by atoms with Gasteiger partial charge in [0, 0.05) is 6.16 Å². The molecule has 1 fully saturated rings. The van der Waals surface area contributed by atoms with Crippen molar-refractivity contribution in [2.45, 2.75) is 12.8 Å². The average molecular weight is 119 g/mol. The van der Waals surface area contributed by atoms with Gasteiger partial charge in [-0.2, -0.15) is 0 Å². The van der Waals surface area contributed by atoms with Gasteiger partial charge < -0.3 is 10.0 Å². The van der Waals surface area contributed by atoms with Crippen LogP contribution in [0.4, 0.5) is 0 Å². The molecule has 1 heterocycles. The quantitative estimate of drug-likeness (QED) is 0.346. The second-order valence-electron chi connectivity index (χ2n) is 1.81. The van der Waals surface area contributed by atoms with Gasteiger partial charge in [0.2, 0.25) is 0 Å². The molecule has 2 unspecified atom stereocenters. The molecule has 42 valence electrons. The molecule has 7 heavy (non-hydrogen) atoms. The van der Waals surface area contributed by atoms with E-state index in [9.17, 15) is 5.21 Å². The largest absolute Gasteiger partial charge is 0.633 e. The van der Waals surface area contributed by atoms with Crippen LogP contribution in [0.3, 0.4) is 0 Å². The Labute approximate surface area is 45.3 Å². The minimum absolute atomic E-state index is 0.492. The number of hydrogen-bond donors (Lipinski definition) is 1. The minimum atomic E-state index is 0.492. The van der Waals surface area contributed by atoms with Crippen LogP contribution in [0, 0.1) is 5.21 Å². The van der Waals surface area contributed by atoms with Crippen LogP contribution < -0.4 is 4.83 Å². The van der Waals surface area contributed by atoms with Crippen LogP contribution in [0.15, 0.2) is 0 Å². The molecule has 0 amide bonds. The fraction of sp³-hybridized carbons (Fsp3) is 1.00. The first-order valence-corrected chi connectivity index (χ1v) is 3.87. The van der Waals surface area contributed by atoms with Crippen LogP contribution in [0.5, 0.6) is 0 Å². The summed E-state index contributed by atoms with van der Waals surface area (Å²) in [6, 6.07) is 0. The van der Waals surface area contributed by atoms with Gasteiger partial charge in [0.25, 0.3) is 0 Å². The van der Waals surface area contributed by atoms with E-state index in [1.165, 1.54) is 12.6 Å². The molecule has 0 aromatic rings. The third kappa shape index (κ3) is 1.72. The van der Waals surface area contributed by atoms with Crippen molar-refractivity contribution in [1.29, 1.82) is 0 Å². The Bertz CT molecular complexity index is 53.7. The first-order chi connectivity index (χ1) is 3.39. The number of hydrogen-bond acceptors (Lipinski definition) is 1. The average Bonchev–Trinajstić information content (AvgIpc) is 1.69. The molecule has 1 saturated heterocycles. The van der Waals surface area contributed by atoms with Gasteiger partial charge in [0.1, 0.15) is 0 Å². The third-order valence-electron chi connectivity index (χ3n) is 1.15. The summed E-state index contributed by atoms with van der Waals surface area (Å²) in [4.78, 5) is 0.492. The van der Waals surface area contributed by atoms with Gasteiger partial charge in [0.15, 0.2) is 0 Å². The summed E-state index contributed by atoms with van der Waals surface area (Å²) < 4.78 is 0. The number of hydroxylamine groups is 1. The zero-order valence-corrected chi connectivity index (χ0v) is 5.24. The topological polar surface area (TPSA) is 27.5 Å². The molecule has 3 heteroatoms. The van der Waals surface area contributed by atoms with Crippen molar-refractivity contribution in [3.05, 3.63) is 5.21 Å². The van der Waals surface area contributed by atoms with Crippen LogP contribution in [-0.2, 0) is 0 Å². The van der Waals surface area contributed by atoms with Crippen LogP contribution in [0.1, 0.15) is 12.8 Å². The van der Waals surface area contributed by atoms with E-state index < -0.39 is 0 Å². The molecule has 1 N–H and O–H groups in total. The van der Waals surface area contributed by atoms with Crippen LogP contribution in [0.25, 0.3) is 0 Å². The number of quaternary nitrogens is 1. The van der Waals surface area contributed by atoms with Gasteiger partial charge in [0.05, 0.1) is 15.3 Å². The molecule has 2 nitrogen and oxygen atoms in total. The summed E-state index contributed by atoms with van der Waals surface area (Å²) >= 11 is 0. The number of nitrogens with one attached hydrogen (secondary N) is 1. The molecule has 0 radical (unpaired) electrons. The highest BCUT2D eigenvalue weighted by Crippen LogP contribution is 2.05. The molecule has 0 aliphatic carbocycles. The summed E-state index contributed by atoms with van der Waals surface area (Å²) in [7, 11) is 0.637. The molecule has 1 rings (SSSR count). The van der Waals surface area contributed by atoms with E-state index >= 15 is 0 Å². The summed E-state index contributed by atoms with van der Waals surface area (Å²) in [5.41, 5.74) is 0. The lowest BCUT2D eigenvalue weighted by atomic mass is 10.3. The van der Waals surface area contributed by atoms with E-state index in [-0.39, 0.29) is 0 Å². The molecule has 1 aliphatic rings. The van der Waals surface area contributed by atoms with Gasteiger partial charge in [-0.3, -0.25) is 0 Å². The highest BCUT2D eigenvalue weighted by molar-refractivity contribution is 7.30. The normalized spacial score (nSPS) is 36.4. The Kier molecular flexibility index (Phi) is 2.04. The fourth-order valence-corrected chi connectivity index (χ4v) is 1.79. The zero-order valence-electron chi connectivity index (χ0n) is 4.24. The molecule has 0 aromatic heterocycles. The van der Waals surface area contributed by atoms with E-state index in [2.05, 4.69) is 0 Å². The highest BCUT2D eigenvalue weighted by atomic mass is 31.1. The van der Waals surface area contributed by atoms with Gasteiger partial charge in [-0.15, -0.1) is 0 Å². The lowest BCUT2D eigenvalue weighted by Crippen LogP contribution is -2.99. The van der Waals surface area contributed by atoms with Crippen molar-refractivity contribution >= 4 is 8.73 Å². The Morgan fingerprint density at radius 3 is 2.57 bits per heavy atom. The molecule has 2 atom stereocenters. The Morgan fingerprint density at radius 2 is 2.29 bits per heavy atom. The van der Waals surface area contributed by atoms with Crippen molar-refractivity contribution in [3.8, 4) is 0 Å². The SMILES string of the molecule is [O-][NH+]1CCCCP1. The summed E-state index contributed by atoms with van der Waals surface area (Å²) in [6.45, 7) is 0.860. The zero-order chi connectivity index (χ0) is 5.11.